The maximum atomic E-state index is 11.4. The molecular weight excluding hydrogens is 272 g/mol. The van der Waals surface area contributed by atoms with Crippen molar-refractivity contribution in [2.45, 2.75) is 19.8 Å². The Bertz CT molecular complexity index is 505. The van der Waals surface area contributed by atoms with Gasteiger partial charge in [0.15, 0.2) is 13.2 Å². The zero-order chi connectivity index (χ0) is 15.5. The third kappa shape index (κ3) is 6.97. The fourth-order valence-corrected chi connectivity index (χ4v) is 1.41. The number of unbranched alkanes of at least 4 members (excludes halogenated alkanes) is 1. The van der Waals surface area contributed by atoms with Crippen molar-refractivity contribution < 1.29 is 19.1 Å². The molecule has 6 nitrogen and oxygen atoms in total. The van der Waals surface area contributed by atoms with Gasteiger partial charge in [0.25, 0.3) is 5.91 Å². The summed E-state index contributed by atoms with van der Waals surface area (Å²) in [7, 11) is 0. The molecule has 21 heavy (non-hydrogen) atoms. The fourth-order valence-electron chi connectivity index (χ4n) is 1.41. The first-order valence-electron chi connectivity index (χ1n) is 6.71. The molecule has 0 fully saturated rings. The second kappa shape index (κ2) is 9.37. The maximum Gasteiger partial charge on any atom is 0.344 e. The molecule has 112 valence electrons. The van der Waals surface area contributed by atoms with Crippen molar-refractivity contribution in [1.29, 1.82) is 5.26 Å². The molecule has 1 amide bonds. The highest BCUT2D eigenvalue weighted by atomic mass is 16.6. The largest absolute Gasteiger partial charge is 0.482 e. The van der Waals surface area contributed by atoms with E-state index in [1.165, 1.54) is 0 Å². The smallest absolute Gasteiger partial charge is 0.344 e. The maximum absolute atomic E-state index is 11.4. The molecule has 6 heteroatoms. The lowest BCUT2D eigenvalue weighted by Crippen LogP contribution is -2.30. The van der Waals surface area contributed by atoms with Gasteiger partial charge >= 0.3 is 5.97 Å². The van der Waals surface area contributed by atoms with E-state index < -0.39 is 5.97 Å². The molecule has 1 aromatic carbocycles. The van der Waals surface area contributed by atoms with Gasteiger partial charge < -0.3 is 14.8 Å². The number of carbonyl (C=O) groups is 2. The number of esters is 1. The van der Waals surface area contributed by atoms with Crippen LogP contribution in [0.1, 0.15) is 25.3 Å². The SMILES string of the molecule is CCCCNC(=O)COC(=O)COc1ccc(C#N)cc1. The van der Waals surface area contributed by atoms with Crippen LogP contribution in [0.15, 0.2) is 24.3 Å². The van der Waals surface area contributed by atoms with Crippen LogP contribution >= 0.6 is 0 Å². The monoisotopic (exact) mass is 290 g/mol. The number of nitrogens with zero attached hydrogens (tertiary/aromatic N) is 1. The minimum atomic E-state index is -0.620. The number of nitrogens with one attached hydrogen (secondary N) is 1. The summed E-state index contributed by atoms with van der Waals surface area (Å²) in [6.07, 6.45) is 1.87. The summed E-state index contributed by atoms with van der Waals surface area (Å²) in [6.45, 7) is 2.01. The van der Waals surface area contributed by atoms with E-state index >= 15 is 0 Å². The van der Waals surface area contributed by atoms with Gasteiger partial charge in [-0.2, -0.15) is 5.26 Å². The molecule has 0 heterocycles. The molecule has 0 saturated carbocycles. The second-order valence-electron chi connectivity index (χ2n) is 4.29. The lowest BCUT2D eigenvalue weighted by Gasteiger charge is -2.07. The summed E-state index contributed by atoms with van der Waals surface area (Å²) < 4.78 is 9.96. The molecule has 0 aliphatic heterocycles. The van der Waals surface area contributed by atoms with Crippen molar-refractivity contribution in [3.8, 4) is 11.8 Å². The van der Waals surface area contributed by atoms with Crippen LogP contribution in [0.5, 0.6) is 5.75 Å². The molecule has 0 unspecified atom stereocenters. The number of hydrogen-bond acceptors (Lipinski definition) is 5. The van der Waals surface area contributed by atoms with E-state index in [0.717, 1.165) is 12.8 Å². The van der Waals surface area contributed by atoms with Crippen molar-refractivity contribution in [3.63, 3.8) is 0 Å². The Kier molecular flexibility index (Phi) is 7.36. The van der Waals surface area contributed by atoms with Crippen LogP contribution in [-0.2, 0) is 14.3 Å². The van der Waals surface area contributed by atoms with Gasteiger partial charge in [-0.1, -0.05) is 13.3 Å². The Hall–Kier alpha value is -2.55. The number of nitriles is 1. The molecule has 0 aromatic heterocycles. The number of ether oxygens (including phenoxy) is 2. The minimum Gasteiger partial charge on any atom is -0.482 e. The van der Waals surface area contributed by atoms with Gasteiger partial charge in [0.2, 0.25) is 0 Å². The zero-order valence-electron chi connectivity index (χ0n) is 11.9. The highest BCUT2D eigenvalue weighted by Gasteiger charge is 2.08. The number of carbonyl (C=O) groups excluding carboxylic acids is 2. The van der Waals surface area contributed by atoms with Crippen LogP contribution in [0, 0.1) is 11.3 Å². The number of benzene rings is 1. The summed E-state index contributed by atoms with van der Waals surface area (Å²) in [4.78, 5) is 22.7. The van der Waals surface area contributed by atoms with Gasteiger partial charge in [-0.05, 0) is 30.7 Å². The summed E-state index contributed by atoms with van der Waals surface area (Å²) in [5.41, 5.74) is 0.508. The standard InChI is InChI=1S/C15H18N2O4/c1-2-3-8-17-14(18)10-21-15(19)11-20-13-6-4-12(9-16)5-7-13/h4-7H,2-3,8,10-11H2,1H3,(H,17,18). The van der Waals surface area contributed by atoms with Gasteiger partial charge in [-0.15, -0.1) is 0 Å². The molecule has 1 aromatic rings. The predicted octanol–water partition coefficient (Wildman–Crippen LogP) is 1.40. The van der Waals surface area contributed by atoms with Crippen LogP contribution < -0.4 is 10.1 Å². The zero-order valence-corrected chi connectivity index (χ0v) is 11.9. The third-order valence-electron chi connectivity index (χ3n) is 2.56. The van der Waals surface area contributed by atoms with E-state index in [0.29, 0.717) is 17.9 Å². The van der Waals surface area contributed by atoms with Crippen LogP contribution in [0.3, 0.4) is 0 Å². The molecule has 0 radical (unpaired) electrons. The quantitative estimate of drug-likeness (QED) is 0.577. The van der Waals surface area contributed by atoms with Crippen LogP contribution in [0.4, 0.5) is 0 Å². The molecule has 1 N–H and O–H groups in total. The highest BCUT2D eigenvalue weighted by molar-refractivity contribution is 5.80. The molecule has 0 aliphatic carbocycles. The van der Waals surface area contributed by atoms with E-state index in [-0.39, 0.29) is 19.1 Å². The fraction of sp³-hybridized carbons (Fsp3) is 0.400. The highest BCUT2D eigenvalue weighted by Crippen LogP contribution is 2.11. The molecule has 1 rings (SSSR count). The van der Waals surface area contributed by atoms with E-state index in [9.17, 15) is 9.59 Å². The Morgan fingerprint density at radius 1 is 1.24 bits per heavy atom. The Morgan fingerprint density at radius 3 is 2.57 bits per heavy atom. The number of rotatable bonds is 8. The van der Waals surface area contributed by atoms with E-state index in [1.807, 2.05) is 13.0 Å². The summed E-state index contributed by atoms with van der Waals surface area (Å²) in [5.74, 6) is -0.487. The number of amides is 1. The van der Waals surface area contributed by atoms with E-state index in [4.69, 9.17) is 14.7 Å². The van der Waals surface area contributed by atoms with Crippen LogP contribution in [0.25, 0.3) is 0 Å². The number of hydrogen-bond donors (Lipinski definition) is 1. The molecular formula is C15H18N2O4. The average Bonchev–Trinajstić information content (AvgIpc) is 2.51. The molecule has 0 aliphatic rings. The normalized spacial score (nSPS) is 9.52. The summed E-state index contributed by atoms with van der Waals surface area (Å²) in [5, 5.41) is 11.3. The van der Waals surface area contributed by atoms with Crippen molar-refractivity contribution >= 4 is 11.9 Å². The minimum absolute atomic E-state index is 0.284. The van der Waals surface area contributed by atoms with Crippen molar-refractivity contribution in [1.82, 2.24) is 5.32 Å². The second-order valence-corrected chi connectivity index (χ2v) is 4.29. The Balaban J connectivity index is 2.21. The molecule has 0 bridgehead atoms. The third-order valence-corrected chi connectivity index (χ3v) is 2.56. The van der Waals surface area contributed by atoms with Crippen molar-refractivity contribution in [2.24, 2.45) is 0 Å². The lowest BCUT2D eigenvalue weighted by atomic mass is 10.2. The van der Waals surface area contributed by atoms with Gasteiger partial charge in [0.1, 0.15) is 5.75 Å². The first kappa shape index (κ1) is 16.5. The Morgan fingerprint density at radius 2 is 1.95 bits per heavy atom. The average molecular weight is 290 g/mol. The molecule has 0 spiro atoms. The van der Waals surface area contributed by atoms with Crippen molar-refractivity contribution in [3.05, 3.63) is 29.8 Å². The first-order valence-corrected chi connectivity index (χ1v) is 6.71. The van der Waals surface area contributed by atoms with Crippen LogP contribution in [-0.4, -0.2) is 31.6 Å². The molecule has 0 atom stereocenters. The van der Waals surface area contributed by atoms with Gasteiger partial charge in [0.05, 0.1) is 11.6 Å². The van der Waals surface area contributed by atoms with Gasteiger partial charge in [-0.25, -0.2) is 4.79 Å². The van der Waals surface area contributed by atoms with Crippen LogP contribution in [0.2, 0.25) is 0 Å². The summed E-state index contributed by atoms with van der Waals surface area (Å²) >= 11 is 0. The van der Waals surface area contributed by atoms with Gasteiger partial charge in [-0.3, -0.25) is 4.79 Å². The predicted molar refractivity (Wildman–Crippen MR) is 75.5 cm³/mol. The van der Waals surface area contributed by atoms with Crippen molar-refractivity contribution in [2.75, 3.05) is 19.8 Å². The van der Waals surface area contributed by atoms with E-state index in [1.54, 1.807) is 24.3 Å². The first-order chi connectivity index (χ1) is 10.2. The topological polar surface area (TPSA) is 88.4 Å². The lowest BCUT2D eigenvalue weighted by molar-refractivity contribution is -0.150. The summed E-state index contributed by atoms with van der Waals surface area (Å²) in [6, 6.07) is 8.32. The van der Waals surface area contributed by atoms with Gasteiger partial charge in [0, 0.05) is 6.54 Å². The Labute approximate surface area is 123 Å². The van der Waals surface area contributed by atoms with E-state index in [2.05, 4.69) is 5.32 Å². The molecule has 0 saturated heterocycles.